The van der Waals surface area contributed by atoms with Crippen molar-refractivity contribution in [2.45, 2.75) is 85.1 Å². The number of amides is 2. The minimum atomic E-state index is -0.0611. The summed E-state index contributed by atoms with van der Waals surface area (Å²) in [6, 6.07) is 5.91. The van der Waals surface area contributed by atoms with E-state index in [1.165, 1.54) is 6.42 Å². The quantitative estimate of drug-likeness (QED) is 0.555. The maximum Gasteiger partial charge on any atom is 0.253 e. The molecule has 5 nitrogen and oxygen atoms in total. The molecule has 0 radical (unpaired) electrons. The summed E-state index contributed by atoms with van der Waals surface area (Å²) in [5.74, 6) is 0.0168. The van der Waals surface area contributed by atoms with Crippen molar-refractivity contribution in [3.63, 3.8) is 0 Å². The highest BCUT2D eigenvalue weighted by atomic mass is 16.2. The van der Waals surface area contributed by atoms with Crippen molar-refractivity contribution in [2.75, 3.05) is 23.3 Å². The lowest BCUT2D eigenvalue weighted by Gasteiger charge is -2.31. The number of hydrogen-bond acceptors (Lipinski definition) is 3. The number of rotatable bonds is 10. The zero-order valence-electron chi connectivity index (χ0n) is 18.7. The Morgan fingerprint density at radius 3 is 2.41 bits per heavy atom. The van der Waals surface area contributed by atoms with Gasteiger partial charge in [-0.3, -0.25) is 9.59 Å². The highest BCUT2D eigenvalue weighted by Crippen LogP contribution is 2.28. The molecule has 2 amide bonds. The van der Waals surface area contributed by atoms with Crippen molar-refractivity contribution >= 4 is 23.2 Å². The molecule has 0 aliphatic carbocycles. The molecule has 1 fully saturated rings. The average molecular weight is 402 g/mol. The first kappa shape index (κ1) is 23.2. The Morgan fingerprint density at radius 1 is 1.07 bits per heavy atom. The average Bonchev–Trinajstić information content (AvgIpc) is 2.74. The third-order valence-corrected chi connectivity index (χ3v) is 5.97. The van der Waals surface area contributed by atoms with Gasteiger partial charge in [-0.15, -0.1) is 0 Å². The Labute approximate surface area is 176 Å². The van der Waals surface area contributed by atoms with Gasteiger partial charge in [0, 0.05) is 36.4 Å². The zero-order chi connectivity index (χ0) is 21.2. The minimum absolute atomic E-state index is 0.0223. The highest BCUT2D eigenvalue weighted by Gasteiger charge is 2.21. The summed E-state index contributed by atoms with van der Waals surface area (Å²) in [5.41, 5.74) is 2.34. The molecule has 1 aromatic rings. The predicted octanol–water partition coefficient (Wildman–Crippen LogP) is 5.36. The molecule has 2 rings (SSSR count). The molecule has 1 heterocycles. The number of benzene rings is 1. The normalized spacial score (nSPS) is 16.2. The van der Waals surface area contributed by atoms with E-state index in [2.05, 4.69) is 36.3 Å². The van der Waals surface area contributed by atoms with E-state index in [-0.39, 0.29) is 23.8 Å². The van der Waals surface area contributed by atoms with Gasteiger partial charge in [0.2, 0.25) is 5.91 Å². The lowest BCUT2D eigenvalue weighted by atomic mass is 9.98. The van der Waals surface area contributed by atoms with E-state index in [4.69, 9.17) is 0 Å². The summed E-state index contributed by atoms with van der Waals surface area (Å²) in [5, 5.41) is 6.15. The molecule has 1 aliphatic rings. The van der Waals surface area contributed by atoms with Crippen LogP contribution in [0.5, 0.6) is 0 Å². The predicted molar refractivity (Wildman–Crippen MR) is 122 cm³/mol. The van der Waals surface area contributed by atoms with E-state index >= 15 is 0 Å². The van der Waals surface area contributed by atoms with Crippen LogP contribution in [0.1, 0.15) is 89.4 Å². The SMILES string of the molecule is CCCC[C@@H](CC)C(=O)Nc1ccc(N2CCCCC2)c(C(=O)N[C@@H](C)CC)c1. The van der Waals surface area contributed by atoms with E-state index in [9.17, 15) is 9.59 Å². The monoisotopic (exact) mass is 401 g/mol. The van der Waals surface area contributed by atoms with Crippen LogP contribution in [0.2, 0.25) is 0 Å². The lowest BCUT2D eigenvalue weighted by Crippen LogP contribution is -2.35. The molecule has 0 bridgehead atoms. The number of carbonyl (C=O) groups excluding carboxylic acids is 2. The van der Waals surface area contributed by atoms with E-state index in [1.54, 1.807) is 0 Å². The fourth-order valence-corrected chi connectivity index (χ4v) is 3.83. The van der Waals surface area contributed by atoms with Crippen LogP contribution < -0.4 is 15.5 Å². The molecule has 0 unspecified atom stereocenters. The third-order valence-electron chi connectivity index (χ3n) is 5.97. The van der Waals surface area contributed by atoms with Gasteiger partial charge in [-0.05, 0) is 63.6 Å². The molecule has 2 N–H and O–H groups in total. The third kappa shape index (κ3) is 6.76. The van der Waals surface area contributed by atoms with Crippen molar-refractivity contribution in [1.82, 2.24) is 5.32 Å². The number of carbonyl (C=O) groups is 2. The van der Waals surface area contributed by atoms with Crippen molar-refractivity contribution < 1.29 is 9.59 Å². The molecule has 29 heavy (non-hydrogen) atoms. The number of anilines is 2. The van der Waals surface area contributed by atoms with Gasteiger partial charge >= 0.3 is 0 Å². The van der Waals surface area contributed by atoms with E-state index < -0.39 is 0 Å². The van der Waals surface area contributed by atoms with Gasteiger partial charge in [0.05, 0.1) is 5.56 Å². The standard InChI is InChI=1S/C24H39N3O2/c1-5-8-12-19(7-3)23(28)26-20-13-14-22(27-15-10-9-11-16-27)21(17-20)24(29)25-18(4)6-2/h13-14,17-19H,5-12,15-16H2,1-4H3,(H,25,29)(H,26,28)/t18-,19+/m0/s1. The van der Waals surface area contributed by atoms with Gasteiger partial charge in [0.1, 0.15) is 0 Å². The van der Waals surface area contributed by atoms with Crippen LogP contribution in [0.25, 0.3) is 0 Å². The van der Waals surface area contributed by atoms with Gasteiger partial charge in [0.25, 0.3) is 5.91 Å². The Morgan fingerprint density at radius 2 is 1.79 bits per heavy atom. The Kier molecular flexibility index (Phi) is 9.49. The molecule has 1 aromatic carbocycles. The van der Waals surface area contributed by atoms with E-state index in [0.717, 1.165) is 63.7 Å². The minimum Gasteiger partial charge on any atom is -0.371 e. The number of piperidine rings is 1. The van der Waals surface area contributed by atoms with Crippen molar-refractivity contribution in [3.05, 3.63) is 23.8 Å². The maximum absolute atomic E-state index is 13.0. The molecule has 0 aromatic heterocycles. The van der Waals surface area contributed by atoms with Gasteiger partial charge in [0.15, 0.2) is 0 Å². The number of hydrogen-bond donors (Lipinski definition) is 2. The molecule has 5 heteroatoms. The molecule has 2 atom stereocenters. The zero-order valence-corrected chi connectivity index (χ0v) is 18.7. The second-order valence-electron chi connectivity index (χ2n) is 8.30. The Balaban J connectivity index is 2.24. The maximum atomic E-state index is 13.0. The summed E-state index contributed by atoms with van der Waals surface area (Å²) in [4.78, 5) is 28.0. The van der Waals surface area contributed by atoms with Crippen LogP contribution in [-0.4, -0.2) is 30.9 Å². The van der Waals surface area contributed by atoms with Crippen molar-refractivity contribution in [3.8, 4) is 0 Å². The summed E-state index contributed by atoms with van der Waals surface area (Å²) in [6.07, 6.45) is 8.33. The van der Waals surface area contributed by atoms with Gasteiger partial charge in [-0.1, -0.05) is 33.6 Å². The van der Waals surface area contributed by atoms with Crippen LogP contribution in [-0.2, 0) is 4.79 Å². The number of nitrogens with zero attached hydrogens (tertiary/aromatic N) is 1. The Bertz CT molecular complexity index is 668. The molecule has 0 saturated carbocycles. The van der Waals surface area contributed by atoms with Crippen LogP contribution in [0.4, 0.5) is 11.4 Å². The smallest absolute Gasteiger partial charge is 0.253 e. The molecular weight excluding hydrogens is 362 g/mol. The van der Waals surface area contributed by atoms with Crippen LogP contribution in [0.3, 0.4) is 0 Å². The number of unbranched alkanes of at least 4 members (excludes halogenated alkanes) is 1. The first-order valence-corrected chi connectivity index (χ1v) is 11.5. The molecule has 1 saturated heterocycles. The summed E-state index contributed by atoms with van der Waals surface area (Å²) < 4.78 is 0. The fourth-order valence-electron chi connectivity index (χ4n) is 3.83. The van der Waals surface area contributed by atoms with Gasteiger partial charge < -0.3 is 15.5 Å². The first-order valence-electron chi connectivity index (χ1n) is 11.5. The van der Waals surface area contributed by atoms with Crippen molar-refractivity contribution in [2.24, 2.45) is 5.92 Å². The van der Waals surface area contributed by atoms with Gasteiger partial charge in [-0.2, -0.15) is 0 Å². The topological polar surface area (TPSA) is 61.4 Å². The Hall–Kier alpha value is -2.04. The van der Waals surface area contributed by atoms with Crippen LogP contribution >= 0.6 is 0 Å². The lowest BCUT2D eigenvalue weighted by molar-refractivity contribution is -0.120. The van der Waals surface area contributed by atoms with E-state index in [0.29, 0.717) is 11.3 Å². The first-order chi connectivity index (χ1) is 14.0. The molecule has 0 spiro atoms. The largest absolute Gasteiger partial charge is 0.371 e. The summed E-state index contributed by atoms with van der Waals surface area (Å²) in [7, 11) is 0. The number of nitrogens with one attached hydrogen (secondary N) is 2. The van der Waals surface area contributed by atoms with Gasteiger partial charge in [-0.25, -0.2) is 0 Å². The summed E-state index contributed by atoms with van der Waals surface area (Å²) in [6.45, 7) is 10.2. The second-order valence-corrected chi connectivity index (χ2v) is 8.30. The molecule has 1 aliphatic heterocycles. The fraction of sp³-hybridized carbons (Fsp3) is 0.667. The van der Waals surface area contributed by atoms with Crippen molar-refractivity contribution in [1.29, 1.82) is 0 Å². The van der Waals surface area contributed by atoms with Crippen LogP contribution in [0.15, 0.2) is 18.2 Å². The molecule has 162 valence electrons. The summed E-state index contributed by atoms with van der Waals surface area (Å²) >= 11 is 0. The highest BCUT2D eigenvalue weighted by molar-refractivity contribution is 6.02. The second kappa shape index (κ2) is 11.8. The molecular formula is C24H39N3O2. The van der Waals surface area contributed by atoms with Crippen LogP contribution in [0, 0.1) is 5.92 Å². The van der Waals surface area contributed by atoms with E-state index in [1.807, 2.05) is 25.1 Å².